The highest BCUT2D eigenvalue weighted by Crippen LogP contribution is 2.30. The Morgan fingerprint density at radius 3 is 3.00 bits per heavy atom. The molecule has 1 aliphatic rings. The Kier molecular flexibility index (Phi) is 2.70. The maximum absolute atomic E-state index is 13.5. The second kappa shape index (κ2) is 4.58. The van der Waals surface area contributed by atoms with Crippen molar-refractivity contribution >= 4 is 16.7 Å². The molecule has 0 radical (unpaired) electrons. The quantitative estimate of drug-likeness (QED) is 0.773. The smallest absolute Gasteiger partial charge is 0.141 e. The van der Waals surface area contributed by atoms with Gasteiger partial charge in [0, 0.05) is 24.3 Å². The summed E-state index contributed by atoms with van der Waals surface area (Å²) in [5.74, 6) is 0.689. The molecule has 21 heavy (non-hydrogen) atoms. The molecule has 0 fully saturated rings. The number of benzene rings is 2. The van der Waals surface area contributed by atoms with Crippen molar-refractivity contribution < 1.29 is 4.39 Å². The molecule has 3 nitrogen and oxygen atoms in total. The number of anilines is 1. The molecule has 4 rings (SSSR count). The summed E-state index contributed by atoms with van der Waals surface area (Å²) in [6.45, 7) is 3.82. The molecule has 1 aliphatic heterocycles. The van der Waals surface area contributed by atoms with Gasteiger partial charge >= 0.3 is 0 Å². The van der Waals surface area contributed by atoms with Gasteiger partial charge in [-0.25, -0.2) is 9.37 Å². The average Bonchev–Trinajstić information content (AvgIpc) is 3.09. The molecular weight excluding hydrogens is 265 g/mol. The number of imidazole rings is 1. The van der Waals surface area contributed by atoms with Crippen molar-refractivity contribution in [2.75, 3.05) is 11.9 Å². The van der Waals surface area contributed by atoms with Crippen LogP contribution < -0.4 is 5.32 Å². The summed E-state index contributed by atoms with van der Waals surface area (Å²) in [5.41, 5.74) is 5.33. The summed E-state index contributed by atoms with van der Waals surface area (Å²) in [6, 6.07) is 11.2. The lowest BCUT2D eigenvalue weighted by atomic mass is 10.1. The van der Waals surface area contributed by atoms with E-state index in [1.807, 2.05) is 0 Å². The minimum Gasteiger partial charge on any atom is -0.384 e. The highest BCUT2D eigenvalue weighted by molar-refractivity contribution is 5.81. The Morgan fingerprint density at radius 2 is 2.14 bits per heavy atom. The maximum atomic E-state index is 13.5. The van der Waals surface area contributed by atoms with E-state index in [1.165, 1.54) is 17.3 Å². The van der Waals surface area contributed by atoms with Gasteiger partial charge in [0.15, 0.2) is 0 Å². The van der Waals surface area contributed by atoms with Gasteiger partial charge in [0.05, 0.1) is 11.0 Å². The number of aryl methyl sites for hydroxylation is 1. The molecule has 2 aromatic carbocycles. The highest BCUT2D eigenvalue weighted by Gasteiger charge is 2.15. The minimum atomic E-state index is -0.221. The molecule has 1 aromatic heterocycles. The van der Waals surface area contributed by atoms with Gasteiger partial charge < -0.3 is 9.88 Å². The Bertz CT molecular complexity index is 835. The van der Waals surface area contributed by atoms with E-state index in [9.17, 15) is 4.39 Å². The van der Waals surface area contributed by atoms with Crippen LogP contribution in [0.15, 0.2) is 36.4 Å². The Hall–Kier alpha value is -2.36. The van der Waals surface area contributed by atoms with Crippen molar-refractivity contribution in [3.63, 3.8) is 0 Å². The van der Waals surface area contributed by atoms with Gasteiger partial charge in [0.25, 0.3) is 0 Å². The van der Waals surface area contributed by atoms with Crippen molar-refractivity contribution in [1.29, 1.82) is 0 Å². The summed E-state index contributed by atoms with van der Waals surface area (Å²) in [6.07, 6.45) is 1.05. The van der Waals surface area contributed by atoms with Gasteiger partial charge in [-0.3, -0.25) is 0 Å². The van der Waals surface area contributed by atoms with Gasteiger partial charge in [0.1, 0.15) is 11.6 Å². The minimum absolute atomic E-state index is 0.221. The third-order valence-electron chi connectivity index (χ3n) is 4.10. The van der Waals surface area contributed by atoms with Crippen LogP contribution in [0.4, 0.5) is 10.1 Å². The second-order valence-corrected chi connectivity index (χ2v) is 5.36. The standard InChI is InChI=1S/C17H16FN3/c1-2-21-16-10-13(18)4-6-15(16)20-17(21)12-3-5-14-11(9-12)7-8-19-14/h3-6,9-10,19H,2,7-8H2,1H3. The van der Waals surface area contributed by atoms with Crippen LogP contribution in [0.3, 0.4) is 0 Å². The van der Waals surface area contributed by atoms with Crippen molar-refractivity contribution in [3.05, 3.63) is 47.8 Å². The molecule has 0 saturated carbocycles. The van der Waals surface area contributed by atoms with E-state index in [0.29, 0.717) is 0 Å². The molecule has 0 bridgehead atoms. The van der Waals surface area contributed by atoms with Gasteiger partial charge in [-0.05, 0) is 55.3 Å². The Labute approximate surface area is 122 Å². The predicted molar refractivity (Wildman–Crippen MR) is 83.0 cm³/mol. The van der Waals surface area contributed by atoms with E-state index in [0.717, 1.165) is 41.9 Å². The monoisotopic (exact) mass is 281 g/mol. The summed E-state index contributed by atoms with van der Waals surface area (Å²) in [5, 5.41) is 3.36. The molecule has 0 amide bonds. The van der Waals surface area contributed by atoms with E-state index in [2.05, 4.69) is 35.0 Å². The fraction of sp³-hybridized carbons (Fsp3) is 0.235. The van der Waals surface area contributed by atoms with E-state index in [4.69, 9.17) is 4.98 Å². The lowest BCUT2D eigenvalue weighted by Gasteiger charge is -2.08. The third kappa shape index (κ3) is 1.90. The molecule has 2 heterocycles. The van der Waals surface area contributed by atoms with Gasteiger partial charge in [-0.15, -0.1) is 0 Å². The second-order valence-electron chi connectivity index (χ2n) is 5.36. The summed E-state index contributed by atoms with van der Waals surface area (Å²) in [4.78, 5) is 4.70. The first-order chi connectivity index (χ1) is 10.3. The number of hydrogen-bond donors (Lipinski definition) is 1. The summed E-state index contributed by atoms with van der Waals surface area (Å²) in [7, 11) is 0. The topological polar surface area (TPSA) is 29.9 Å². The molecule has 0 saturated heterocycles. The number of rotatable bonds is 2. The van der Waals surface area contributed by atoms with Crippen LogP contribution in [-0.2, 0) is 13.0 Å². The largest absolute Gasteiger partial charge is 0.384 e. The van der Waals surface area contributed by atoms with E-state index >= 15 is 0 Å². The van der Waals surface area contributed by atoms with Gasteiger partial charge in [-0.2, -0.15) is 0 Å². The number of aromatic nitrogens is 2. The lowest BCUT2D eigenvalue weighted by Crippen LogP contribution is -1.98. The van der Waals surface area contributed by atoms with Gasteiger partial charge in [-0.1, -0.05) is 0 Å². The molecule has 3 aromatic rings. The first-order valence-electron chi connectivity index (χ1n) is 7.29. The average molecular weight is 281 g/mol. The number of fused-ring (bicyclic) bond motifs is 2. The number of halogens is 1. The van der Waals surface area contributed by atoms with Crippen molar-refractivity contribution in [1.82, 2.24) is 9.55 Å². The third-order valence-corrected chi connectivity index (χ3v) is 4.10. The van der Waals surface area contributed by atoms with Crippen molar-refractivity contribution in [3.8, 4) is 11.4 Å². The zero-order valence-electron chi connectivity index (χ0n) is 11.9. The fourth-order valence-corrected chi connectivity index (χ4v) is 3.08. The Balaban J connectivity index is 1.93. The van der Waals surface area contributed by atoms with Crippen molar-refractivity contribution in [2.45, 2.75) is 19.9 Å². The maximum Gasteiger partial charge on any atom is 0.141 e. The van der Waals surface area contributed by atoms with Gasteiger partial charge in [0.2, 0.25) is 0 Å². The molecular formula is C17H16FN3. The van der Waals surface area contributed by atoms with Crippen LogP contribution in [0.1, 0.15) is 12.5 Å². The molecule has 4 heteroatoms. The molecule has 0 spiro atoms. The van der Waals surface area contributed by atoms with Crippen LogP contribution in [0.5, 0.6) is 0 Å². The molecule has 1 N–H and O–H groups in total. The molecule has 106 valence electrons. The van der Waals surface area contributed by atoms with Crippen LogP contribution in [0, 0.1) is 5.82 Å². The predicted octanol–water partition coefficient (Wildman–Crippen LogP) is 3.83. The Morgan fingerprint density at radius 1 is 1.24 bits per heavy atom. The zero-order chi connectivity index (χ0) is 14.4. The van der Waals surface area contributed by atoms with Crippen LogP contribution in [0.2, 0.25) is 0 Å². The molecule has 0 unspecified atom stereocenters. The van der Waals surface area contributed by atoms with Crippen LogP contribution in [-0.4, -0.2) is 16.1 Å². The first-order valence-corrected chi connectivity index (χ1v) is 7.29. The number of hydrogen-bond acceptors (Lipinski definition) is 2. The fourth-order valence-electron chi connectivity index (χ4n) is 3.08. The van der Waals surface area contributed by atoms with E-state index in [-0.39, 0.29) is 5.82 Å². The number of nitrogens with zero attached hydrogens (tertiary/aromatic N) is 2. The van der Waals surface area contributed by atoms with Crippen LogP contribution >= 0.6 is 0 Å². The number of nitrogens with one attached hydrogen (secondary N) is 1. The summed E-state index contributed by atoms with van der Waals surface area (Å²) >= 11 is 0. The van der Waals surface area contributed by atoms with E-state index in [1.54, 1.807) is 12.1 Å². The van der Waals surface area contributed by atoms with Crippen molar-refractivity contribution in [2.24, 2.45) is 0 Å². The SMILES string of the molecule is CCn1c(-c2ccc3c(c2)CCN3)nc2ccc(F)cc21. The summed E-state index contributed by atoms with van der Waals surface area (Å²) < 4.78 is 15.6. The lowest BCUT2D eigenvalue weighted by molar-refractivity contribution is 0.628. The first kappa shape index (κ1) is 12.4. The molecule has 0 aliphatic carbocycles. The molecule has 0 atom stereocenters. The zero-order valence-corrected chi connectivity index (χ0v) is 11.9. The normalized spacial score (nSPS) is 13.4. The highest BCUT2D eigenvalue weighted by atomic mass is 19.1. The van der Waals surface area contributed by atoms with E-state index < -0.39 is 0 Å². The van der Waals surface area contributed by atoms with Crippen LogP contribution in [0.25, 0.3) is 22.4 Å².